The summed E-state index contributed by atoms with van der Waals surface area (Å²) in [6.07, 6.45) is 0. The van der Waals surface area contributed by atoms with Crippen LogP contribution in [0.15, 0.2) is 17.0 Å². The van der Waals surface area contributed by atoms with E-state index in [2.05, 4.69) is 0 Å². The molecule has 0 saturated heterocycles. The Morgan fingerprint density at radius 3 is 2.40 bits per heavy atom. The van der Waals surface area contributed by atoms with Gasteiger partial charge in [0.1, 0.15) is 10.7 Å². The standard InChI is InChI=1S/C6H3ClFNO4S.Na/c7-3-1-6(14(12)13)5(9(10)11)2-4(3)8;/h1-2H,(H,12,13);/q;+1/p-1. The Kier molecular flexibility index (Phi) is 5.86. The molecule has 76 valence electrons. The first-order valence-corrected chi connectivity index (χ1v) is 4.61. The van der Waals surface area contributed by atoms with Crippen molar-refractivity contribution in [3.05, 3.63) is 33.1 Å². The molecule has 1 rings (SSSR count). The van der Waals surface area contributed by atoms with E-state index < -0.39 is 37.4 Å². The Balaban J connectivity index is 0.00000196. The third kappa shape index (κ3) is 3.47. The second-order valence-electron chi connectivity index (χ2n) is 2.23. The van der Waals surface area contributed by atoms with Crippen LogP contribution in [0.3, 0.4) is 0 Å². The zero-order valence-electron chi connectivity index (χ0n) is 7.40. The molecule has 0 aliphatic carbocycles. The van der Waals surface area contributed by atoms with E-state index in [-0.39, 0.29) is 29.6 Å². The molecule has 1 unspecified atom stereocenters. The molecule has 0 radical (unpaired) electrons. The van der Waals surface area contributed by atoms with Gasteiger partial charge in [0.15, 0.2) is 0 Å². The summed E-state index contributed by atoms with van der Waals surface area (Å²) in [7, 11) is 0. The van der Waals surface area contributed by atoms with E-state index in [1.807, 2.05) is 0 Å². The van der Waals surface area contributed by atoms with Crippen LogP contribution >= 0.6 is 11.6 Å². The first-order chi connectivity index (χ1) is 6.43. The second kappa shape index (κ2) is 5.88. The predicted molar refractivity (Wildman–Crippen MR) is 45.3 cm³/mol. The number of hydrogen-bond donors (Lipinski definition) is 0. The number of nitro groups is 1. The molecule has 0 heterocycles. The minimum atomic E-state index is -2.82. The van der Waals surface area contributed by atoms with Gasteiger partial charge in [-0.1, -0.05) is 11.6 Å². The molecule has 5 nitrogen and oxygen atoms in total. The van der Waals surface area contributed by atoms with Crippen LogP contribution in [-0.4, -0.2) is 13.7 Å². The molecule has 0 aliphatic rings. The smallest absolute Gasteiger partial charge is 0.768 e. The fourth-order valence-corrected chi connectivity index (χ4v) is 1.54. The van der Waals surface area contributed by atoms with Crippen molar-refractivity contribution in [2.75, 3.05) is 0 Å². The number of nitrogens with zero attached hydrogens (tertiary/aromatic N) is 1. The summed E-state index contributed by atoms with van der Waals surface area (Å²) in [5.41, 5.74) is -0.833. The molecule has 1 aromatic carbocycles. The van der Waals surface area contributed by atoms with Gasteiger partial charge in [-0.2, -0.15) is 0 Å². The molecule has 0 bridgehead atoms. The summed E-state index contributed by atoms with van der Waals surface area (Å²) in [5.74, 6) is -1.03. The van der Waals surface area contributed by atoms with Crippen LogP contribution in [0.2, 0.25) is 5.02 Å². The number of hydrogen-bond acceptors (Lipinski definition) is 4. The van der Waals surface area contributed by atoms with Crippen molar-refractivity contribution in [3.8, 4) is 0 Å². The summed E-state index contributed by atoms with van der Waals surface area (Å²) < 4.78 is 33.8. The third-order valence-electron chi connectivity index (χ3n) is 1.38. The van der Waals surface area contributed by atoms with Gasteiger partial charge >= 0.3 is 29.6 Å². The molecular formula is C6H2ClFNNaO4S. The van der Waals surface area contributed by atoms with Crippen LogP contribution in [-0.2, 0) is 11.1 Å². The van der Waals surface area contributed by atoms with Gasteiger partial charge in [0.25, 0.3) is 5.69 Å². The van der Waals surface area contributed by atoms with Crippen molar-refractivity contribution in [1.82, 2.24) is 0 Å². The van der Waals surface area contributed by atoms with Crippen LogP contribution in [0.1, 0.15) is 0 Å². The van der Waals surface area contributed by atoms with Crippen molar-refractivity contribution in [1.29, 1.82) is 0 Å². The van der Waals surface area contributed by atoms with Crippen molar-refractivity contribution in [2.45, 2.75) is 4.90 Å². The van der Waals surface area contributed by atoms with Crippen molar-refractivity contribution >= 4 is 28.4 Å². The van der Waals surface area contributed by atoms with E-state index in [0.717, 1.165) is 0 Å². The second-order valence-corrected chi connectivity index (χ2v) is 3.54. The van der Waals surface area contributed by atoms with E-state index in [4.69, 9.17) is 11.6 Å². The average Bonchev–Trinajstić information content (AvgIpc) is 2.08. The van der Waals surface area contributed by atoms with Gasteiger partial charge < -0.3 is 4.55 Å². The van der Waals surface area contributed by atoms with Gasteiger partial charge in [-0.3, -0.25) is 14.3 Å². The molecule has 0 amide bonds. The van der Waals surface area contributed by atoms with Crippen LogP contribution in [0, 0.1) is 15.9 Å². The Morgan fingerprint density at radius 2 is 2.00 bits per heavy atom. The number of halogens is 2. The van der Waals surface area contributed by atoms with Gasteiger partial charge in [-0.15, -0.1) is 0 Å². The number of rotatable bonds is 2. The topological polar surface area (TPSA) is 83.3 Å². The quantitative estimate of drug-likeness (QED) is 0.285. The zero-order chi connectivity index (χ0) is 10.9. The predicted octanol–water partition coefficient (Wildman–Crippen LogP) is -1.37. The minimum Gasteiger partial charge on any atom is -0.768 e. The molecule has 0 fully saturated rings. The van der Waals surface area contributed by atoms with Gasteiger partial charge in [-0.25, -0.2) is 4.39 Å². The molecule has 1 aromatic rings. The maximum absolute atomic E-state index is 12.7. The van der Waals surface area contributed by atoms with Crippen molar-refractivity contribution in [2.24, 2.45) is 0 Å². The Labute approximate surface area is 113 Å². The number of benzene rings is 1. The molecule has 0 aromatic heterocycles. The van der Waals surface area contributed by atoms with Gasteiger partial charge in [0, 0.05) is 0 Å². The largest absolute Gasteiger partial charge is 1.00 e. The van der Waals surface area contributed by atoms with Crippen LogP contribution in [0.5, 0.6) is 0 Å². The average molecular weight is 262 g/mol. The van der Waals surface area contributed by atoms with E-state index in [0.29, 0.717) is 12.1 Å². The summed E-state index contributed by atoms with van der Waals surface area (Å²) in [5, 5.41) is 9.84. The first kappa shape index (κ1) is 14.9. The monoisotopic (exact) mass is 261 g/mol. The molecule has 1 atom stereocenters. The van der Waals surface area contributed by atoms with E-state index in [9.17, 15) is 23.3 Å². The van der Waals surface area contributed by atoms with Crippen LogP contribution < -0.4 is 29.6 Å². The molecule has 0 saturated carbocycles. The molecule has 0 aliphatic heterocycles. The normalized spacial score (nSPS) is 11.7. The fraction of sp³-hybridized carbons (Fsp3) is 0. The van der Waals surface area contributed by atoms with Crippen LogP contribution in [0.4, 0.5) is 10.1 Å². The third-order valence-corrected chi connectivity index (χ3v) is 2.35. The zero-order valence-corrected chi connectivity index (χ0v) is 11.0. The summed E-state index contributed by atoms with van der Waals surface area (Å²) in [6.45, 7) is 0. The molecule has 0 N–H and O–H groups in total. The first-order valence-electron chi connectivity index (χ1n) is 3.16. The summed E-state index contributed by atoms with van der Waals surface area (Å²) in [6, 6.07) is 1.16. The molecule has 15 heavy (non-hydrogen) atoms. The Morgan fingerprint density at radius 1 is 1.47 bits per heavy atom. The SMILES string of the molecule is O=[N+]([O-])c1cc(F)c(Cl)cc1S(=O)[O-].[Na+]. The molecule has 9 heteroatoms. The van der Waals surface area contributed by atoms with E-state index >= 15 is 0 Å². The molecular weight excluding hydrogens is 260 g/mol. The maximum atomic E-state index is 12.7. The summed E-state index contributed by atoms with van der Waals surface area (Å²) in [4.78, 5) is 8.68. The van der Waals surface area contributed by atoms with Gasteiger partial charge in [-0.05, 0) is 17.1 Å². The van der Waals surface area contributed by atoms with Crippen molar-refractivity contribution in [3.63, 3.8) is 0 Å². The maximum Gasteiger partial charge on any atom is 1.00 e. The van der Waals surface area contributed by atoms with Gasteiger partial charge in [0.05, 0.1) is 16.0 Å². The van der Waals surface area contributed by atoms with E-state index in [1.54, 1.807) is 0 Å². The van der Waals surface area contributed by atoms with Gasteiger partial charge in [0.2, 0.25) is 0 Å². The minimum absolute atomic E-state index is 0. The number of nitro benzene ring substituents is 1. The molecule has 0 spiro atoms. The Bertz CT molecular complexity index is 391. The van der Waals surface area contributed by atoms with E-state index in [1.165, 1.54) is 0 Å². The Hall–Kier alpha value is -0.0500. The van der Waals surface area contributed by atoms with Crippen molar-refractivity contribution < 1.29 is 47.6 Å². The summed E-state index contributed by atoms with van der Waals surface area (Å²) >= 11 is 2.44. The van der Waals surface area contributed by atoms with Crippen LogP contribution in [0.25, 0.3) is 0 Å². The fourth-order valence-electron chi connectivity index (χ4n) is 0.794.